The lowest BCUT2D eigenvalue weighted by Crippen LogP contribution is -2.33. The summed E-state index contributed by atoms with van der Waals surface area (Å²) in [4.78, 5) is 4.34. The molecule has 0 aliphatic heterocycles. The van der Waals surface area contributed by atoms with E-state index in [1.807, 2.05) is 11.3 Å². The Morgan fingerprint density at radius 3 is 2.93 bits per heavy atom. The Kier molecular flexibility index (Phi) is 5.22. The molecule has 0 aliphatic rings. The first kappa shape index (κ1) is 12.6. The summed E-state index contributed by atoms with van der Waals surface area (Å²) in [6.07, 6.45) is 1.91. The molecule has 4 heteroatoms. The van der Waals surface area contributed by atoms with Crippen LogP contribution < -0.4 is 5.73 Å². The highest BCUT2D eigenvalue weighted by atomic mass is 32.1. The first-order chi connectivity index (χ1) is 7.09. The number of hydrogen-bond acceptors (Lipinski definition) is 3. The molecule has 1 aromatic rings. The van der Waals surface area contributed by atoms with Gasteiger partial charge in [0.1, 0.15) is 0 Å². The molecule has 1 unspecified atom stereocenters. The van der Waals surface area contributed by atoms with Crippen LogP contribution in [0.1, 0.15) is 18.2 Å². The van der Waals surface area contributed by atoms with E-state index in [4.69, 9.17) is 18.0 Å². The van der Waals surface area contributed by atoms with Crippen LogP contribution in [-0.4, -0.2) is 29.5 Å². The molecule has 0 aromatic carbocycles. The lowest BCUT2D eigenvalue weighted by Gasteiger charge is -2.23. The Morgan fingerprint density at radius 2 is 2.40 bits per heavy atom. The predicted octanol–water partition coefficient (Wildman–Crippen LogP) is 2.29. The van der Waals surface area contributed by atoms with Crippen LogP contribution >= 0.6 is 23.6 Å². The van der Waals surface area contributed by atoms with Gasteiger partial charge in [-0.2, -0.15) is 0 Å². The highest BCUT2D eigenvalue weighted by Gasteiger charge is 2.09. The van der Waals surface area contributed by atoms with Crippen molar-refractivity contribution < 1.29 is 0 Å². The highest BCUT2D eigenvalue weighted by molar-refractivity contribution is 7.80. The third-order valence-electron chi connectivity index (χ3n) is 2.54. The van der Waals surface area contributed by atoms with Gasteiger partial charge in [-0.1, -0.05) is 18.3 Å². The Hall–Kier alpha value is -0.450. The van der Waals surface area contributed by atoms with Gasteiger partial charge in [0, 0.05) is 23.9 Å². The molecule has 2 nitrogen and oxygen atoms in total. The Balaban J connectivity index is 2.29. The molecule has 1 rings (SSSR count). The van der Waals surface area contributed by atoms with Crippen LogP contribution in [0.2, 0.25) is 0 Å². The maximum Gasteiger partial charge on any atom is 0.0742 e. The quantitative estimate of drug-likeness (QED) is 0.776. The molecule has 1 atom stereocenters. The minimum absolute atomic E-state index is 0.433. The molecule has 0 amide bonds. The van der Waals surface area contributed by atoms with Gasteiger partial charge in [0.2, 0.25) is 0 Å². The van der Waals surface area contributed by atoms with Crippen LogP contribution in [-0.2, 0) is 6.42 Å². The van der Waals surface area contributed by atoms with E-state index in [1.54, 1.807) is 0 Å². The van der Waals surface area contributed by atoms with Crippen LogP contribution in [0.5, 0.6) is 0 Å². The molecule has 0 bridgehead atoms. The number of thiocarbonyl (C=S) groups is 1. The van der Waals surface area contributed by atoms with Crippen LogP contribution in [0.25, 0.3) is 0 Å². The van der Waals surface area contributed by atoms with Gasteiger partial charge in [0.15, 0.2) is 0 Å². The van der Waals surface area contributed by atoms with E-state index < -0.39 is 0 Å². The summed E-state index contributed by atoms with van der Waals surface area (Å²) in [5.41, 5.74) is 5.53. The fraction of sp³-hybridized carbons (Fsp3) is 0.545. The van der Waals surface area contributed by atoms with Crippen molar-refractivity contribution in [3.63, 3.8) is 0 Å². The van der Waals surface area contributed by atoms with Gasteiger partial charge in [0.05, 0.1) is 4.99 Å². The second kappa shape index (κ2) is 6.20. The van der Waals surface area contributed by atoms with Crippen LogP contribution in [0.4, 0.5) is 0 Å². The maximum absolute atomic E-state index is 5.53. The van der Waals surface area contributed by atoms with Crippen molar-refractivity contribution in [1.82, 2.24) is 4.90 Å². The minimum Gasteiger partial charge on any atom is -0.393 e. The molecule has 0 radical (unpaired) electrons. The van der Waals surface area contributed by atoms with E-state index >= 15 is 0 Å². The van der Waals surface area contributed by atoms with Gasteiger partial charge in [0.25, 0.3) is 0 Å². The monoisotopic (exact) mass is 242 g/mol. The van der Waals surface area contributed by atoms with E-state index in [-0.39, 0.29) is 0 Å². The van der Waals surface area contributed by atoms with E-state index in [0.717, 1.165) is 19.4 Å². The van der Waals surface area contributed by atoms with Crippen molar-refractivity contribution in [2.24, 2.45) is 5.73 Å². The zero-order valence-electron chi connectivity index (χ0n) is 9.27. The van der Waals surface area contributed by atoms with Crippen molar-refractivity contribution in [3.8, 4) is 0 Å². The maximum atomic E-state index is 5.53. The fourth-order valence-corrected chi connectivity index (χ4v) is 2.35. The second-order valence-electron chi connectivity index (χ2n) is 3.83. The second-order valence-corrected chi connectivity index (χ2v) is 5.39. The van der Waals surface area contributed by atoms with E-state index in [9.17, 15) is 0 Å². The largest absolute Gasteiger partial charge is 0.393 e. The number of thiophene rings is 1. The SMILES string of the molecule is CC(CC(N)=S)N(C)CCc1cccs1. The van der Waals surface area contributed by atoms with Gasteiger partial charge in [-0.05, 0) is 31.8 Å². The third kappa shape index (κ3) is 4.73. The molecule has 1 heterocycles. The summed E-state index contributed by atoms with van der Waals surface area (Å²) in [5.74, 6) is 0. The van der Waals surface area contributed by atoms with E-state index in [2.05, 4.69) is 36.4 Å². The summed E-state index contributed by atoms with van der Waals surface area (Å²) >= 11 is 6.72. The summed E-state index contributed by atoms with van der Waals surface area (Å²) < 4.78 is 0. The van der Waals surface area contributed by atoms with Gasteiger partial charge >= 0.3 is 0 Å². The standard InChI is InChI=1S/C11H18N2S2/c1-9(8-11(12)14)13(2)6-5-10-4-3-7-15-10/h3-4,7,9H,5-6,8H2,1-2H3,(H2,12,14). The van der Waals surface area contributed by atoms with E-state index in [0.29, 0.717) is 11.0 Å². The molecule has 0 aliphatic carbocycles. The smallest absolute Gasteiger partial charge is 0.0742 e. The van der Waals surface area contributed by atoms with Gasteiger partial charge in [-0.15, -0.1) is 11.3 Å². The summed E-state index contributed by atoms with van der Waals surface area (Å²) in [7, 11) is 2.12. The van der Waals surface area contributed by atoms with Crippen LogP contribution in [0.15, 0.2) is 17.5 Å². The molecular formula is C11H18N2S2. The predicted molar refractivity (Wildman–Crippen MR) is 71.5 cm³/mol. The lowest BCUT2D eigenvalue weighted by molar-refractivity contribution is 0.267. The number of nitrogens with zero attached hydrogens (tertiary/aromatic N) is 1. The van der Waals surface area contributed by atoms with Crippen LogP contribution in [0.3, 0.4) is 0 Å². The zero-order valence-corrected chi connectivity index (χ0v) is 10.9. The normalized spacial score (nSPS) is 13.0. The first-order valence-electron chi connectivity index (χ1n) is 5.10. The molecule has 0 fully saturated rings. The zero-order chi connectivity index (χ0) is 11.3. The topological polar surface area (TPSA) is 29.3 Å². The average molecular weight is 242 g/mol. The highest BCUT2D eigenvalue weighted by Crippen LogP contribution is 2.10. The number of nitrogens with two attached hydrogens (primary N) is 1. The summed E-state index contributed by atoms with van der Waals surface area (Å²) in [6.45, 7) is 3.22. The van der Waals surface area contributed by atoms with Crippen LogP contribution in [0, 0.1) is 0 Å². The molecule has 84 valence electrons. The first-order valence-corrected chi connectivity index (χ1v) is 6.39. The molecule has 15 heavy (non-hydrogen) atoms. The molecule has 1 aromatic heterocycles. The Morgan fingerprint density at radius 1 is 1.67 bits per heavy atom. The summed E-state index contributed by atoms with van der Waals surface area (Å²) in [5, 5.41) is 2.12. The van der Waals surface area contributed by atoms with Crippen molar-refractivity contribution in [2.45, 2.75) is 25.8 Å². The van der Waals surface area contributed by atoms with Gasteiger partial charge in [-0.25, -0.2) is 0 Å². The Bertz CT molecular complexity index is 296. The van der Waals surface area contributed by atoms with Gasteiger partial charge < -0.3 is 10.6 Å². The van der Waals surface area contributed by atoms with Crippen molar-refractivity contribution in [3.05, 3.63) is 22.4 Å². The fourth-order valence-electron chi connectivity index (χ4n) is 1.41. The number of likely N-dealkylation sites (N-methyl/N-ethyl adjacent to an activating group) is 1. The van der Waals surface area contributed by atoms with Crippen molar-refractivity contribution in [2.75, 3.05) is 13.6 Å². The lowest BCUT2D eigenvalue weighted by atomic mass is 10.2. The molecule has 2 N–H and O–H groups in total. The molecule has 0 spiro atoms. The average Bonchev–Trinajstić information content (AvgIpc) is 2.65. The van der Waals surface area contributed by atoms with E-state index in [1.165, 1.54) is 4.88 Å². The molecular weight excluding hydrogens is 224 g/mol. The molecule has 0 saturated heterocycles. The number of hydrogen-bond donors (Lipinski definition) is 1. The Labute approximate surface area is 101 Å². The van der Waals surface area contributed by atoms with Gasteiger partial charge in [-0.3, -0.25) is 0 Å². The van der Waals surface area contributed by atoms with Crippen molar-refractivity contribution >= 4 is 28.5 Å². The summed E-state index contributed by atoms with van der Waals surface area (Å²) in [6, 6.07) is 4.71. The number of rotatable bonds is 6. The third-order valence-corrected chi connectivity index (χ3v) is 3.64. The molecule has 0 saturated carbocycles. The van der Waals surface area contributed by atoms with Crippen molar-refractivity contribution in [1.29, 1.82) is 0 Å². The minimum atomic E-state index is 0.433.